The summed E-state index contributed by atoms with van der Waals surface area (Å²) in [5.74, 6) is -0.231. The fourth-order valence-corrected chi connectivity index (χ4v) is 3.49. The van der Waals surface area contributed by atoms with E-state index in [2.05, 4.69) is 15.2 Å². The van der Waals surface area contributed by atoms with Crippen molar-refractivity contribution in [3.8, 4) is 0 Å². The third kappa shape index (κ3) is 3.50. The van der Waals surface area contributed by atoms with Gasteiger partial charge in [-0.2, -0.15) is 0 Å². The van der Waals surface area contributed by atoms with E-state index < -0.39 is 0 Å². The van der Waals surface area contributed by atoms with Crippen LogP contribution < -0.4 is 5.32 Å². The first-order valence-corrected chi connectivity index (χ1v) is 8.41. The molecule has 0 unspecified atom stereocenters. The first kappa shape index (κ1) is 15.9. The van der Waals surface area contributed by atoms with Gasteiger partial charge in [0.1, 0.15) is 6.54 Å². The zero-order valence-corrected chi connectivity index (χ0v) is 13.7. The Hall–Kier alpha value is -2.00. The summed E-state index contributed by atoms with van der Waals surface area (Å²) in [7, 11) is 1.52. The van der Waals surface area contributed by atoms with Crippen molar-refractivity contribution in [2.45, 2.75) is 18.9 Å². The number of hydrogen-bond donors (Lipinski definition) is 1. The van der Waals surface area contributed by atoms with Crippen molar-refractivity contribution >= 4 is 34.3 Å². The van der Waals surface area contributed by atoms with Crippen LogP contribution >= 0.6 is 11.3 Å². The summed E-state index contributed by atoms with van der Waals surface area (Å²) >= 11 is 1.39. The zero-order chi connectivity index (χ0) is 16.4. The van der Waals surface area contributed by atoms with E-state index in [0.29, 0.717) is 11.7 Å². The van der Waals surface area contributed by atoms with Crippen molar-refractivity contribution < 1.29 is 14.4 Å². The monoisotopic (exact) mass is 337 g/mol. The molecule has 0 bridgehead atoms. The lowest BCUT2D eigenvalue weighted by Gasteiger charge is -2.35. The van der Waals surface area contributed by atoms with E-state index in [1.165, 1.54) is 23.3 Å². The number of nitrogens with zero attached hydrogens (tertiary/aromatic N) is 4. The predicted octanol–water partition coefficient (Wildman–Crippen LogP) is 0.440. The van der Waals surface area contributed by atoms with Crippen LogP contribution in [0.1, 0.15) is 12.8 Å². The molecule has 2 fully saturated rings. The SMILES string of the molecule is CN1C(=O)CN(C2CCN(CC(=O)Nc3nccs3)CC2)C1=O. The predicted molar refractivity (Wildman–Crippen MR) is 85.1 cm³/mol. The van der Waals surface area contributed by atoms with Crippen LogP contribution in [0.15, 0.2) is 11.6 Å². The molecule has 0 aliphatic carbocycles. The van der Waals surface area contributed by atoms with Crippen molar-refractivity contribution in [2.75, 3.05) is 38.5 Å². The van der Waals surface area contributed by atoms with Gasteiger partial charge in [-0.15, -0.1) is 11.3 Å². The summed E-state index contributed by atoms with van der Waals surface area (Å²) in [6, 6.07) is -0.135. The number of likely N-dealkylation sites (N-methyl/N-ethyl adjacent to an activating group) is 1. The molecule has 124 valence electrons. The molecule has 3 heterocycles. The van der Waals surface area contributed by atoms with Crippen molar-refractivity contribution in [2.24, 2.45) is 0 Å². The number of thiazole rings is 1. The van der Waals surface area contributed by atoms with E-state index in [1.54, 1.807) is 11.1 Å². The lowest BCUT2D eigenvalue weighted by atomic mass is 10.0. The molecule has 9 heteroatoms. The van der Waals surface area contributed by atoms with Gasteiger partial charge >= 0.3 is 6.03 Å². The van der Waals surface area contributed by atoms with Gasteiger partial charge in [0.25, 0.3) is 0 Å². The summed E-state index contributed by atoms with van der Waals surface area (Å²) in [6.45, 7) is 1.96. The van der Waals surface area contributed by atoms with E-state index in [1.807, 2.05) is 5.38 Å². The fraction of sp³-hybridized carbons (Fsp3) is 0.571. The number of aromatic nitrogens is 1. The molecule has 0 aromatic carbocycles. The topological polar surface area (TPSA) is 85.8 Å². The molecule has 3 rings (SSSR count). The zero-order valence-electron chi connectivity index (χ0n) is 12.9. The Morgan fingerprint density at radius 3 is 2.70 bits per heavy atom. The largest absolute Gasteiger partial charge is 0.327 e. The number of rotatable bonds is 4. The minimum Gasteiger partial charge on any atom is -0.312 e. The van der Waals surface area contributed by atoms with Crippen molar-refractivity contribution in [1.82, 2.24) is 19.7 Å². The average molecular weight is 337 g/mol. The Balaban J connectivity index is 1.46. The second-order valence-electron chi connectivity index (χ2n) is 5.76. The van der Waals surface area contributed by atoms with E-state index in [9.17, 15) is 14.4 Å². The highest BCUT2D eigenvalue weighted by molar-refractivity contribution is 7.13. The Labute approximate surface area is 138 Å². The van der Waals surface area contributed by atoms with Crippen LogP contribution in [-0.4, -0.2) is 76.8 Å². The van der Waals surface area contributed by atoms with Crippen molar-refractivity contribution in [3.63, 3.8) is 0 Å². The van der Waals surface area contributed by atoms with Crippen LogP contribution in [0.3, 0.4) is 0 Å². The Kier molecular flexibility index (Phi) is 4.58. The number of piperidine rings is 1. The highest BCUT2D eigenvalue weighted by Crippen LogP contribution is 2.21. The minimum atomic E-state index is -0.213. The smallest absolute Gasteiger partial charge is 0.312 e. The van der Waals surface area contributed by atoms with Crippen LogP contribution in [0.25, 0.3) is 0 Å². The lowest BCUT2D eigenvalue weighted by molar-refractivity contribution is -0.124. The number of carbonyl (C=O) groups is 3. The maximum Gasteiger partial charge on any atom is 0.327 e. The van der Waals surface area contributed by atoms with E-state index in [0.717, 1.165) is 25.9 Å². The average Bonchev–Trinajstić information content (AvgIpc) is 3.12. The minimum absolute atomic E-state index is 0.0782. The van der Waals surface area contributed by atoms with E-state index in [-0.39, 0.29) is 30.4 Å². The molecule has 2 aliphatic heterocycles. The van der Waals surface area contributed by atoms with Crippen LogP contribution in [0, 0.1) is 0 Å². The number of amides is 4. The summed E-state index contributed by atoms with van der Waals surface area (Å²) in [5, 5.41) is 5.18. The molecule has 0 spiro atoms. The normalized spacial score (nSPS) is 20.4. The van der Waals surface area contributed by atoms with Crippen LogP contribution in [0.4, 0.5) is 9.93 Å². The Bertz CT molecular complexity index is 598. The molecule has 0 atom stereocenters. The molecular formula is C14H19N5O3S. The number of nitrogens with one attached hydrogen (secondary N) is 1. The third-order valence-electron chi connectivity index (χ3n) is 4.26. The molecule has 1 aromatic heterocycles. The molecule has 2 saturated heterocycles. The lowest BCUT2D eigenvalue weighted by Crippen LogP contribution is -2.47. The van der Waals surface area contributed by atoms with Gasteiger partial charge in [0, 0.05) is 37.8 Å². The number of imide groups is 1. The molecule has 1 N–H and O–H groups in total. The standard InChI is InChI=1S/C14H19N5O3S/c1-17-12(21)9-19(14(17)22)10-2-5-18(6-3-10)8-11(20)16-13-15-4-7-23-13/h4,7,10H,2-3,5-6,8-9H2,1H3,(H,15,16,20). The van der Waals surface area contributed by atoms with Crippen molar-refractivity contribution in [3.05, 3.63) is 11.6 Å². The molecule has 23 heavy (non-hydrogen) atoms. The Morgan fingerprint density at radius 2 is 2.13 bits per heavy atom. The summed E-state index contributed by atoms with van der Waals surface area (Å²) in [6.07, 6.45) is 3.20. The number of hydrogen-bond acceptors (Lipinski definition) is 6. The maximum atomic E-state index is 12.0. The molecule has 0 saturated carbocycles. The molecule has 2 aliphatic rings. The van der Waals surface area contributed by atoms with Gasteiger partial charge in [0.15, 0.2) is 5.13 Å². The maximum absolute atomic E-state index is 12.0. The highest BCUT2D eigenvalue weighted by atomic mass is 32.1. The summed E-state index contributed by atoms with van der Waals surface area (Å²) in [4.78, 5) is 44.5. The Morgan fingerprint density at radius 1 is 1.39 bits per heavy atom. The second kappa shape index (κ2) is 6.63. The van der Waals surface area contributed by atoms with Crippen molar-refractivity contribution in [1.29, 1.82) is 0 Å². The van der Waals surface area contributed by atoms with Gasteiger partial charge in [-0.1, -0.05) is 0 Å². The number of likely N-dealkylation sites (tertiary alicyclic amines) is 1. The van der Waals surface area contributed by atoms with E-state index >= 15 is 0 Å². The summed E-state index contributed by atoms with van der Waals surface area (Å²) in [5.41, 5.74) is 0. The molecule has 0 radical (unpaired) electrons. The van der Waals surface area contributed by atoms with Crippen LogP contribution in [-0.2, 0) is 9.59 Å². The quantitative estimate of drug-likeness (QED) is 0.806. The second-order valence-corrected chi connectivity index (χ2v) is 6.65. The van der Waals surface area contributed by atoms with Gasteiger partial charge in [-0.25, -0.2) is 9.78 Å². The number of carbonyl (C=O) groups excluding carboxylic acids is 3. The van der Waals surface area contributed by atoms with Gasteiger partial charge in [-0.05, 0) is 12.8 Å². The molecule has 1 aromatic rings. The van der Waals surface area contributed by atoms with Gasteiger partial charge in [0.2, 0.25) is 11.8 Å². The van der Waals surface area contributed by atoms with Gasteiger partial charge in [-0.3, -0.25) is 19.4 Å². The first-order chi connectivity index (χ1) is 11.0. The third-order valence-corrected chi connectivity index (χ3v) is 4.94. The van der Waals surface area contributed by atoms with Crippen LogP contribution in [0.5, 0.6) is 0 Å². The number of urea groups is 1. The molecule has 4 amide bonds. The number of anilines is 1. The highest BCUT2D eigenvalue weighted by Gasteiger charge is 2.38. The van der Waals surface area contributed by atoms with Crippen LogP contribution in [0.2, 0.25) is 0 Å². The van der Waals surface area contributed by atoms with Gasteiger partial charge < -0.3 is 10.2 Å². The fourth-order valence-electron chi connectivity index (χ4n) is 2.94. The van der Waals surface area contributed by atoms with Gasteiger partial charge in [0.05, 0.1) is 6.54 Å². The van der Waals surface area contributed by atoms with E-state index in [4.69, 9.17) is 0 Å². The summed E-state index contributed by atoms with van der Waals surface area (Å²) < 4.78 is 0. The molecular weight excluding hydrogens is 318 g/mol. The first-order valence-electron chi connectivity index (χ1n) is 7.53. The molecule has 8 nitrogen and oxygen atoms in total.